The van der Waals surface area contributed by atoms with Gasteiger partial charge in [0, 0.05) is 36.4 Å². The fraction of sp³-hybridized carbons (Fsp3) is 0.391. The van der Waals surface area contributed by atoms with Crippen LogP contribution >= 0.6 is 0 Å². The number of nitrogens with one attached hydrogen (secondary N) is 3. The summed E-state index contributed by atoms with van der Waals surface area (Å²) in [5.41, 5.74) is 3.56. The molecule has 1 aliphatic carbocycles. The fourth-order valence-corrected chi connectivity index (χ4v) is 2.90. The van der Waals surface area contributed by atoms with Crippen LogP contribution in [0.1, 0.15) is 48.2 Å². The highest BCUT2D eigenvalue weighted by atomic mass is 16.2. The summed E-state index contributed by atoms with van der Waals surface area (Å²) in [6, 6.07) is 15.7. The summed E-state index contributed by atoms with van der Waals surface area (Å²) in [5, 5.41) is 8.65. The van der Waals surface area contributed by atoms with Crippen molar-refractivity contribution >= 4 is 17.6 Å². The first-order valence-electron chi connectivity index (χ1n) is 10.1. The Morgan fingerprint density at radius 3 is 2.31 bits per heavy atom. The van der Waals surface area contributed by atoms with Gasteiger partial charge in [0.05, 0.1) is 0 Å². The van der Waals surface area contributed by atoms with Gasteiger partial charge >= 0.3 is 6.03 Å². The molecule has 0 aromatic heterocycles. The van der Waals surface area contributed by atoms with E-state index in [4.69, 9.17) is 0 Å². The lowest BCUT2D eigenvalue weighted by molar-refractivity contribution is 0.0950. The molecule has 6 nitrogen and oxygen atoms in total. The molecular weight excluding hydrogens is 364 g/mol. The number of hydrogen-bond donors (Lipinski definition) is 3. The van der Waals surface area contributed by atoms with Crippen LogP contribution in [0.3, 0.4) is 0 Å². The van der Waals surface area contributed by atoms with E-state index in [1.54, 1.807) is 24.3 Å². The molecular formula is C23H30N4O2. The van der Waals surface area contributed by atoms with Crippen molar-refractivity contribution in [2.24, 2.45) is 0 Å². The van der Waals surface area contributed by atoms with Gasteiger partial charge in [-0.15, -0.1) is 0 Å². The van der Waals surface area contributed by atoms with Gasteiger partial charge in [-0.1, -0.05) is 24.3 Å². The Balaban J connectivity index is 1.54. The summed E-state index contributed by atoms with van der Waals surface area (Å²) in [4.78, 5) is 26.6. The minimum atomic E-state index is -0.201. The molecule has 0 atom stereocenters. The zero-order chi connectivity index (χ0) is 20.8. The van der Waals surface area contributed by atoms with E-state index in [0.717, 1.165) is 24.9 Å². The van der Waals surface area contributed by atoms with Crippen LogP contribution in [0.25, 0.3) is 0 Å². The normalized spacial score (nSPS) is 13.4. The average Bonchev–Trinajstić information content (AvgIpc) is 3.51. The second kappa shape index (κ2) is 9.56. The SMILES string of the molecule is CC(C)N(C)Cc1ccccc1CNC(=O)c1ccc(NC(=O)NC2CC2)cc1. The van der Waals surface area contributed by atoms with E-state index < -0.39 is 0 Å². The second-order valence-electron chi connectivity index (χ2n) is 7.91. The maximum absolute atomic E-state index is 12.5. The number of carbonyl (C=O) groups is 2. The summed E-state index contributed by atoms with van der Waals surface area (Å²) < 4.78 is 0. The maximum atomic E-state index is 12.5. The Labute approximate surface area is 172 Å². The van der Waals surface area contributed by atoms with Gasteiger partial charge in [0.2, 0.25) is 0 Å². The first-order chi connectivity index (χ1) is 13.9. The third kappa shape index (κ3) is 6.32. The third-order valence-corrected chi connectivity index (χ3v) is 5.18. The van der Waals surface area contributed by atoms with E-state index in [1.807, 2.05) is 12.1 Å². The molecule has 0 unspecified atom stereocenters. The maximum Gasteiger partial charge on any atom is 0.319 e. The second-order valence-corrected chi connectivity index (χ2v) is 7.91. The molecule has 2 aromatic carbocycles. The number of urea groups is 1. The summed E-state index contributed by atoms with van der Waals surface area (Å²) in [7, 11) is 2.10. The number of rotatable bonds is 8. The molecule has 0 radical (unpaired) electrons. The van der Waals surface area contributed by atoms with Crippen LogP contribution in [0.15, 0.2) is 48.5 Å². The van der Waals surface area contributed by atoms with Gasteiger partial charge in [-0.3, -0.25) is 9.69 Å². The lowest BCUT2D eigenvalue weighted by atomic mass is 10.1. The van der Waals surface area contributed by atoms with Crippen molar-refractivity contribution in [1.82, 2.24) is 15.5 Å². The lowest BCUT2D eigenvalue weighted by Crippen LogP contribution is -2.30. The van der Waals surface area contributed by atoms with Gasteiger partial charge in [0.1, 0.15) is 0 Å². The molecule has 1 aliphatic rings. The number of carbonyl (C=O) groups excluding carboxylic acids is 2. The van der Waals surface area contributed by atoms with Gasteiger partial charge < -0.3 is 16.0 Å². The molecule has 0 spiro atoms. The highest BCUT2D eigenvalue weighted by Gasteiger charge is 2.23. The van der Waals surface area contributed by atoms with Gasteiger partial charge in [-0.25, -0.2) is 4.79 Å². The Morgan fingerprint density at radius 1 is 1.03 bits per heavy atom. The van der Waals surface area contributed by atoms with Crippen molar-refractivity contribution in [2.45, 2.75) is 51.9 Å². The number of nitrogens with zero attached hydrogens (tertiary/aromatic N) is 1. The van der Waals surface area contributed by atoms with Crippen molar-refractivity contribution in [3.63, 3.8) is 0 Å². The van der Waals surface area contributed by atoms with Crippen molar-refractivity contribution in [3.05, 3.63) is 65.2 Å². The molecule has 0 heterocycles. The minimum Gasteiger partial charge on any atom is -0.348 e. The molecule has 0 bridgehead atoms. The van der Waals surface area contributed by atoms with Gasteiger partial charge in [0.15, 0.2) is 0 Å². The number of anilines is 1. The zero-order valence-corrected chi connectivity index (χ0v) is 17.4. The third-order valence-electron chi connectivity index (χ3n) is 5.18. The van der Waals surface area contributed by atoms with Crippen LogP contribution in [0.2, 0.25) is 0 Å². The molecule has 154 valence electrons. The van der Waals surface area contributed by atoms with Crippen molar-refractivity contribution < 1.29 is 9.59 Å². The Morgan fingerprint density at radius 2 is 1.69 bits per heavy atom. The van der Waals surface area contributed by atoms with Crippen molar-refractivity contribution in [3.8, 4) is 0 Å². The van der Waals surface area contributed by atoms with Crippen LogP contribution in [-0.4, -0.2) is 36.0 Å². The Hall–Kier alpha value is -2.86. The summed E-state index contributed by atoms with van der Waals surface area (Å²) in [5.74, 6) is -0.133. The van der Waals surface area contributed by atoms with E-state index in [2.05, 4.69) is 53.9 Å². The summed E-state index contributed by atoms with van der Waals surface area (Å²) in [6.07, 6.45) is 2.09. The molecule has 2 aromatic rings. The average molecular weight is 395 g/mol. The van der Waals surface area contributed by atoms with Crippen LogP contribution in [0.4, 0.5) is 10.5 Å². The quantitative estimate of drug-likeness (QED) is 0.639. The monoisotopic (exact) mass is 394 g/mol. The smallest absolute Gasteiger partial charge is 0.319 e. The number of amides is 3. The summed E-state index contributed by atoms with van der Waals surface area (Å²) >= 11 is 0. The molecule has 0 aliphatic heterocycles. The zero-order valence-electron chi connectivity index (χ0n) is 17.4. The Bertz CT molecular complexity index is 844. The molecule has 3 amide bonds. The van der Waals surface area contributed by atoms with E-state index in [0.29, 0.717) is 29.9 Å². The standard InChI is InChI=1S/C23H30N4O2/c1-16(2)27(3)15-19-7-5-4-6-18(19)14-24-22(28)17-8-10-20(11-9-17)25-23(29)26-21-12-13-21/h4-11,16,21H,12-15H2,1-3H3,(H,24,28)(H2,25,26,29). The highest BCUT2D eigenvalue weighted by Crippen LogP contribution is 2.19. The minimum absolute atomic E-state index is 0.133. The van der Waals surface area contributed by atoms with Gasteiger partial charge in [0.25, 0.3) is 5.91 Å². The first kappa shape index (κ1) is 20.9. The Kier molecular flexibility index (Phi) is 6.88. The molecule has 1 saturated carbocycles. The van der Waals surface area contributed by atoms with Crippen molar-refractivity contribution in [2.75, 3.05) is 12.4 Å². The summed E-state index contributed by atoms with van der Waals surface area (Å²) in [6.45, 7) is 5.65. The predicted octanol–water partition coefficient (Wildman–Crippen LogP) is 3.74. The van der Waals surface area contributed by atoms with Crippen LogP contribution < -0.4 is 16.0 Å². The lowest BCUT2D eigenvalue weighted by Gasteiger charge is -2.22. The fourth-order valence-electron chi connectivity index (χ4n) is 2.90. The molecule has 1 fully saturated rings. The van der Waals surface area contributed by atoms with E-state index in [-0.39, 0.29) is 11.9 Å². The molecule has 3 rings (SSSR count). The number of benzene rings is 2. The molecule has 0 saturated heterocycles. The van der Waals surface area contributed by atoms with Gasteiger partial charge in [-0.2, -0.15) is 0 Å². The highest BCUT2D eigenvalue weighted by molar-refractivity contribution is 5.95. The van der Waals surface area contributed by atoms with E-state index in [1.165, 1.54) is 5.56 Å². The van der Waals surface area contributed by atoms with Crippen LogP contribution in [0, 0.1) is 0 Å². The van der Waals surface area contributed by atoms with E-state index in [9.17, 15) is 9.59 Å². The first-order valence-corrected chi connectivity index (χ1v) is 10.1. The topological polar surface area (TPSA) is 73.5 Å². The molecule has 3 N–H and O–H groups in total. The largest absolute Gasteiger partial charge is 0.348 e. The van der Waals surface area contributed by atoms with Gasteiger partial charge in [-0.05, 0) is 69.1 Å². The van der Waals surface area contributed by atoms with Crippen LogP contribution in [-0.2, 0) is 13.1 Å². The predicted molar refractivity (Wildman–Crippen MR) is 116 cm³/mol. The molecule has 29 heavy (non-hydrogen) atoms. The van der Waals surface area contributed by atoms with E-state index >= 15 is 0 Å². The molecule has 6 heteroatoms. The number of hydrogen-bond acceptors (Lipinski definition) is 3. The van der Waals surface area contributed by atoms with Crippen molar-refractivity contribution in [1.29, 1.82) is 0 Å². The van der Waals surface area contributed by atoms with Crippen LogP contribution in [0.5, 0.6) is 0 Å².